The zero-order valence-electron chi connectivity index (χ0n) is 15.4. The van der Waals surface area contributed by atoms with E-state index in [0.29, 0.717) is 21.9 Å². The number of benzene rings is 1. The molecule has 1 amide bonds. The minimum absolute atomic E-state index is 0.102. The van der Waals surface area contributed by atoms with Crippen LogP contribution >= 0.6 is 22.7 Å². The molecule has 3 aromatic rings. The molecule has 0 aliphatic carbocycles. The molecule has 2 aromatic heterocycles. The summed E-state index contributed by atoms with van der Waals surface area (Å²) in [7, 11) is 0. The second kappa shape index (κ2) is 7.99. The number of carbonyl (C=O) groups excluding carboxylic acids is 1. The molecule has 3 rings (SSSR count). The lowest BCUT2D eigenvalue weighted by molar-refractivity contribution is -0.140. The fourth-order valence-corrected chi connectivity index (χ4v) is 4.30. The van der Waals surface area contributed by atoms with Gasteiger partial charge in [-0.3, -0.25) is 4.79 Å². The van der Waals surface area contributed by atoms with Crippen LogP contribution < -0.4 is 16.2 Å². The molecule has 0 saturated heterocycles. The summed E-state index contributed by atoms with van der Waals surface area (Å²) in [5.41, 5.74) is 10.9. The number of nitrogens with zero attached hydrogens (tertiary/aromatic N) is 2. The predicted octanol–water partition coefficient (Wildman–Crippen LogP) is 4.34. The molecule has 0 aliphatic heterocycles. The first-order valence-electron chi connectivity index (χ1n) is 8.42. The molecule has 0 unspecified atom stereocenters. The van der Waals surface area contributed by atoms with Gasteiger partial charge in [0.25, 0.3) is 0 Å². The van der Waals surface area contributed by atoms with Gasteiger partial charge in [-0.15, -0.1) is 11.3 Å². The number of primary amides is 1. The lowest BCUT2D eigenvalue weighted by atomic mass is 10.1. The number of halogens is 3. The van der Waals surface area contributed by atoms with Gasteiger partial charge in [-0.05, 0) is 32.0 Å². The summed E-state index contributed by atoms with van der Waals surface area (Å²) in [6.07, 6.45) is -4.46. The fourth-order valence-electron chi connectivity index (χ4n) is 2.60. The molecule has 29 heavy (non-hydrogen) atoms. The maximum Gasteiger partial charge on any atom is 0.434 e. The van der Waals surface area contributed by atoms with Gasteiger partial charge in [-0.25, -0.2) is 9.97 Å². The lowest BCUT2D eigenvalue weighted by Crippen LogP contribution is -2.13. The summed E-state index contributed by atoms with van der Waals surface area (Å²) in [6.45, 7) is 3.72. The molecule has 2 heterocycles. The van der Waals surface area contributed by atoms with Gasteiger partial charge in [0, 0.05) is 22.9 Å². The minimum Gasteiger partial charge on any atom is -0.491 e. The van der Waals surface area contributed by atoms with Crippen LogP contribution in [0.15, 0.2) is 23.6 Å². The number of thiazole rings is 2. The Morgan fingerprint density at radius 1 is 1.28 bits per heavy atom. The monoisotopic (exact) mass is 442 g/mol. The molecule has 0 atom stereocenters. The van der Waals surface area contributed by atoms with Gasteiger partial charge in [0.15, 0.2) is 10.8 Å². The smallest absolute Gasteiger partial charge is 0.434 e. The zero-order valence-corrected chi connectivity index (χ0v) is 17.0. The van der Waals surface area contributed by atoms with E-state index in [0.717, 1.165) is 11.3 Å². The van der Waals surface area contributed by atoms with Crippen LogP contribution in [0.25, 0.3) is 10.6 Å². The van der Waals surface area contributed by atoms with Gasteiger partial charge in [-0.1, -0.05) is 11.3 Å². The number of hydrogen-bond donors (Lipinski definition) is 2. The number of anilines is 1. The molecule has 0 saturated carbocycles. The zero-order chi connectivity index (χ0) is 21.3. The summed E-state index contributed by atoms with van der Waals surface area (Å²) in [6, 6.07) is 4.81. The van der Waals surface area contributed by atoms with Crippen molar-refractivity contribution in [2.24, 2.45) is 5.73 Å². The van der Waals surface area contributed by atoms with Crippen LogP contribution in [0.2, 0.25) is 0 Å². The molecule has 154 valence electrons. The third kappa shape index (κ3) is 4.85. The van der Waals surface area contributed by atoms with Crippen LogP contribution in [-0.2, 0) is 12.6 Å². The molecule has 0 radical (unpaired) electrons. The molecule has 0 fully saturated rings. The first kappa shape index (κ1) is 21.1. The SMILES string of the molecule is CC(C)Oc1ccc(C(N)=O)cc1Cc1nc(-c2sc(N)nc2C(F)(F)F)cs1. The maximum atomic E-state index is 13.2. The second-order valence-electron chi connectivity index (χ2n) is 6.38. The predicted molar refractivity (Wildman–Crippen MR) is 106 cm³/mol. The average molecular weight is 442 g/mol. The van der Waals surface area contributed by atoms with E-state index in [1.54, 1.807) is 18.2 Å². The summed E-state index contributed by atoms with van der Waals surface area (Å²) >= 11 is 1.93. The van der Waals surface area contributed by atoms with E-state index in [1.807, 2.05) is 13.8 Å². The van der Waals surface area contributed by atoms with Gasteiger partial charge >= 0.3 is 6.18 Å². The number of carbonyl (C=O) groups is 1. The Kier molecular flexibility index (Phi) is 5.80. The summed E-state index contributed by atoms with van der Waals surface area (Å²) in [4.78, 5) is 19.1. The molecular formula is C18H17F3N4O2S2. The van der Waals surface area contributed by atoms with Gasteiger partial charge in [0.1, 0.15) is 5.75 Å². The van der Waals surface area contributed by atoms with Gasteiger partial charge in [0.2, 0.25) is 5.91 Å². The summed E-state index contributed by atoms with van der Waals surface area (Å²) < 4.78 is 45.4. The molecule has 11 heteroatoms. The van der Waals surface area contributed by atoms with E-state index in [4.69, 9.17) is 16.2 Å². The quantitative estimate of drug-likeness (QED) is 0.591. The number of ether oxygens (including phenoxy) is 1. The molecule has 1 aromatic carbocycles. The second-order valence-corrected chi connectivity index (χ2v) is 8.36. The van der Waals surface area contributed by atoms with E-state index in [-0.39, 0.29) is 28.2 Å². The Bertz CT molecular complexity index is 1040. The first-order valence-corrected chi connectivity index (χ1v) is 10.1. The van der Waals surface area contributed by atoms with Crippen molar-refractivity contribution in [1.82, 2.24) is 9.97 Å². The number of hydrogen-bond acceptors (Lipinski definition) is 7. The maximum absolute atomic E-state index is 13.2. The van der Waals surface area contributed by atoms with Crippen molar-refractivity contribution in [3.05, 3.63) is 45.4 Å². The summed E-state index contributed by atoms with van der Waals surface area (Å²) in [5.74, 6) is -0.0307. The van der Waals surface area contributed by atoms with Crippen LogP contribution in [0.5, 0.6) is 5.75 Å². The highest BCUT2D eigenvalue weighted by molar-refractivity contribution is 7.19. The third-order valence-electron chi connectivity index (χ3n) is 3.75. The van der Waals surface area contributed by atoms with Crippen LogP contribution in [0.4, 0.5) is 18.3 Å². The number of nitrogens with two attached hydrogens (primary N) is 2. The Morgan fingerprint density at radius 3 is 2.62 bits per heavy atom. The van der Waals surface area contributed by atoms with Crippen LogP contribution in [0.3, 0.4) is 0 Å². The Morgan fingerprint density at radius 2 is 2.00 bits per heavy atom. The molecule has 6 nitrogen and oxygen atoms in total. The molecule has 0 bridgehead atoms. The number of amides is 1. The van der Waals surface area contributed by atoms with E-state index in [9.17, 15) is 18.0 Å². The molecular weight excluding hydrogens is 425 g/mol. The molecule has 4 N–H and O–H groups in total. The minimum atomic E-state index is -4.62. The van der Waals surface area contributed by atoms with Crippen molar-refractivity contribution in [1.29, 1.82) is 0 Å². The van der Waals surface area contributed by atoms with Crippen LogP contribution in [0.1, 0.15) is 40.5 Å². The van der Waals surface area contributed by atoms with Gasteiger partial charge < -0.3 is 16.2 Å². The first-order chi connectivity index (χ1) is 13.5. The van der Waals surface area contributed by atoms with Crippen molar-refractivity contribution in [3.8, 4) is 16.3 Å². The highest BCUT2D eigenvalue weighted by atomic mass is 32.1. The largest absolute Gasteiger partial charge is 0.491 e. The van der Waals surface area contributed by atoms with E-state index in [2.05, 4.69) is 9.97 Å². The van der Waals surface area contributed by atoms with Gasteiger partial charge in [0.05, 0.1) is 21.7 Å². The van der Waals surface area contributed by atoms with Crippen LogP contribution in [0, 0.1) is 0 Å². The fraction of sp³-hybridized carbons (Fsp3) is 0.278. The highest BCUT2D eigenvalue weighted by Gasteiger charge is 2.38. The number of alkyl halides is 3. The molecule has 0 spiro atoms. The van der Waals surface area contributed by atoms with Crippen molar-refractivity contribution in [2.45, 2.75) is 32.5 Å². The highest BCUT2D eigenvalue weighted by Crippen LogP contribution is 2.41. The van der Waals surface area contributed by atoms with Crippen molar-refractivity contribution in [3.63, 3.8) is 0 Å². The van der Waals surface area contributed by atoms with Crippen molar-refractivity contribution < 1.29 is 22.7 Å². The van der Waals surface area contributed by atoms with E-state index < -0.39 is 17.8 Å². The normalized spacial score (nSPS) is 11.8. The lowest BCUT2D eigenvalue weighted by Gasteiger charge is -2.14. The average Bonchev–Trinajstić information content (AvgIpc) is 3.21. The number of rotatable bonds is 6. The van der Waals surface area contributed by atoms with E-state index >= 15 is 0 Å². The van der Waals surface area contributed by atoms with Crippen molar-refractivity contribution >= 4 is 33.7 Å². The Hall–Kier alpha value is -2.66. The molecule has 0 aliphatic rings. The topological polar surface area (TPSA) is 104 Å². The van der Waals surface area contributed by atoms with Gasteiger partial charge in [-0.2, -0.15) is 13.2 Å². The summed E-state index contributed by atoms with van der Waals surface area (Å²) in [5, 5.41) is 1.90. The van der Waals surface area contributed by atoms with Crippen molar-refractivity contribution in [2.75, 3.05) is 5.73 Å². The van der Waals surface area contributed by atoms with E-state index in [1.165, 1.54) is 16.7 Å². The number of nitrogen functional groups attached to an aromatic ring is 1. The number of aromatic nitrogens is 2. The van der Waals surface area contributed by atoms with Crippen LogP contribution in [-0.4, -0.2) is 22.0 Å². The Balaban J connectivity index is 1.95. The Labute approximate surface area is 172 Å². The third-order valence-corrected chi connectivity index (χ3v) is 5.50. The standard InChI is InChI=1S/C18H17F3N4O2S2/c1-8(2)27-12-4-3-9(16(22)26)5-10(12)6-13-24-11(7-28-13)14-15(18(19,20)21)25-17(23)29-14/h3-5,7-8H,6H2,1-2H3,(H2,22,26)(H2,23,25).